The van der Waals surface area contributed by atoms with E-state index in [0.717, 1.165) is 11.3 Å². The Balaban J connectivity index is 1.59. The summed E-state index contributed by atoms with van der Waals surface area (Å²) in [6, 6.07) is 12.0. The number of nitrogens with one attached hydrogen (secondary N) is 1. The van der Waals surface area contributed by atoms with Gasteiger partial charge in [0.15, 0.2) is 5.78 Å². The van der Waals surface area contributed by atoms with Gasteiger partial charge in [-0.3, -0.25) is 14.4 Å². The fourth-order valence-electron chi connectivity index (χ4n) is 2.82. The number of amides is 2. The van der Waals surface area contributed by atoms with Crippen LogP contribution in [0.15, 0.2) is 42.5 Å². The smallest absolute Gasteiger partial charge is 0.252 e. The third-order valence-electron chi connectivity index (χ3n) is 4.23. The molecular formula is C19H17ClN2O3. The topological polar surface area (TPSA) is 66.5 Å². The first-order valence-electron chi connectivity index (χ1n) is 7.93. The Morgan fingerprint density at radius 1 is 1.20 bits per heavy atom. The first-order valence-corrected chi connectivity index (χ1v) is 8.30. The maximum atomic E-state index is 12.3. The molecule has 25 heavy (non-hydrogen) atoms. The van der Waals surface area contributed by atoms with Gasteiger partial charge < -0.3 is 10.2 Å². The van der Waals surface area contributed by atoms with E-state index in [4.69, 9.17) is 11.6 Å². The molecule has 2 amide bonds. The highest BCUT2D eigenvalue weighted by molar-refractivity contribution is 6.33. The highest BCUT2D eigenvalue weighted by atomic mass is 35.5. The van der Waals surface area contributed by atoms with Gasteiger partial charge in [-0.25, -0.2) is 0 Å². The largest absolute Gasteiger partial charge is 0.352 e. The molecule has 6 heteroatoms. The van der Waals surface area contributed by atoms with E-state index in [2.05, 4.69) is 5.32 Å². The van der Waals surface area contributed by atoms with Crippen LogP contribution in [-0.2, 0) is 11.2 Å². The van der Waals surface area contributed by atoms with Gasteiger partial charge in [0.25, 0.3) is 5.91 Å². The van der Waals surface area contributed by atoms with Crippen molar-refractivity contribution < 1.29 is 14.4 Å². The summed E-state index contributed by atoms with van der Waals surface area (Å²) < 4.78 is 0. The number of likely N-dealkylation sites (N-methyl/N-ethyl adjacent to an activating group) is 1. The van der Waals surface area contributed by atoms with Gasteiger partial charge in [0.2, 0.25) is 5.91 Å². The monoisotopic (exact) mass is 356 g/mol. The molecular weight excluding hydrogens is 340 g/mol. The molecule has 5 nitrogen and oxygen atoms in total. The van der Waals surface area contributed by atoms with Gasteiger partial charge in [-0.05, 0) is 35.9 Å². The number of hydrogen-bond donors (Lipinski definition) is 1. The molecule has 2 aromatic rings. The van der Waals surface area contributed by atoms with E-state index in [9.17, 15) is 14.4 Å². The van der Waals surface area contributed by atoms with E-state index in [0.29, 0.717) is 22.6 Å². The zero-order chi connectivity index (χ0) is 18.0. The fraction of sp³-hybridized carbons (Fsp3) is 0.211. The molecule has 1 N–H and O–H groups in total. The second-order valence-electron chi connectivity index (χ2n) is 5.88. The summed E-state index contributed by atoms with van der Waals surface area (Å²) in [6.45, 7) is 0.221. The average molecular weight is 357 g/mol. The minimum Gasteiger partial charge on any atom is -0.352 e. The number of ketones is 1. The number of Topliss-reactive ketones (excluding diaryl/α,β-unsaturated/α-hetero) is 1. The highest BCUT2D eigenvalue weighted by Crippen LogP contribution is 2.28. The molecule has 0 saturated heterocycles. The summed E-state index contributed by atoms with van der Waals surface area (Å²) in [6.07, 6.45) is 0.495. The molecule has 2 aromatic carbocycles. The second kappa shape index (κ2) is 7.07. The van der Waals surface area contributed by atoms with E-state index in [1.807, 2.05) is 0 Å². The van der Waals surface area contributed by atoms with Crippen LogP contribution in [0.1, 0.15) is 32.7 Å². The molecule has 0 spiro atoms. The summed E-state index contributed by atoms with van der Waals surface area (Å²) in [5.41, 5.74) is 2.64. The molecule has 0 bridgehead atoms. The van der Waals surface area contributed by atoms with Crippen LogP contribution in [0.4, 0.5) is 5.69 Å². The van der Waals surface area contributed by atoms with Crippen LogP contribution in [-0.4, -0.2) is 31.2 Å². The molecule has 0 unspecified atom stereocenters. The molecule has 0 radical (unpaired) electrons. The summed E-state index contributed by atoms with van der Waals surface area (Å²) in [5, 5.41) is 3.07. The van der Waals surface area contributed by atoms with Gasteiger partial charge >= 0.3 is 0 Å². The molecule has 3 rings (SSSR count). The summed E-state index contributed by atoms with van der Waals surface area (Å²) in [4.78, 5) is 37.7. The molecule has 1 aliphatic heterocycles. The molecule has 1 aliphatic rings. The van der Waals surface area contributed by atoms with Gasteiger partial charge in [0.1, 0.15) is 0 Å². The third-order valence-corrected chi connectivity index (χ3v) is 4.56. The summed E-state index contributed by atoms with van der Waals surface area (Å²) in [5.74, 6) is -0.365. The van der Waals surface area contributed by atoms with E-state index in [1.165, 1.54) is 0 Å². The molecule has 0 fully saturated rings. The number of rotatable bonds is 5. The number of halogens is 1. The summed E-state index contributed by atoms with van der Waals surface area (Å²) in [7, 11) is 1.72. The minimum absolute atomic E-state index is 0.0200. The van der Waals surface area contributed by atoms with Gasteiger partial charge in [0.05, 0.1) is 17.0 Å². The van der Waals surface area contributed by atoms with Crippen molar-refractivity contribution in [2.75, 3.05) is 18.5 Å². The van der Waals surface area contributed by atoms with Crippen molar-refractivity contribution in [3.63, 3.8) is 0 Å². The maximum absolute atomic E-state index is 12.3. The Labute approximate surface area is 150 Å². The zero-order valence-electron chi connectivity index (χ0n) is 13.7. The van der Waals surface area contributed by atoms with Crippen molar-refractivity contribution in [3.05, 3.63) is 64.2 Å². The molecule has 1 heterocycles. The maximum Gasteiger partial charge on any atom is 0.252 e. The van der Waals surface area contributed by atoms with E-state index >= 15 is 0 Å². The van der Waals surface area contributed by atoms with Crippen LogP contribution in [0, 0.1) is 0 Å². The number of fused-ring (bicyclic) bond motifs is 1. The van der Waals surface area contributed by atoms with E-state index in [-0.39, 0.29) is 30.6 Å². The number of carbonyl (C=O) groups is 3. The fourth-order valence-corrected chi connectivity index (χ4v) is 3.04. The van der Waals surface area contributed by atoms with E-state index < -0.39 is 0 Å². The van der Waals surface area contributed by atoms with Gasteiger partial charge in [0, 0.05) is 31.3 Å². The van der Waals surface area contributed by atoms with Gasteiger partial charge in [-0.2, -0.15) is 0 Å². The summed E-state index contributed by atoms with van der Waals surface area (Å²) >= 11 is 5.97. The number of benzene rings is 2. The van der Waals surface area contributed by atoms with Crippen LogP contribution in [0.2, 0.25) is 5.02 Å². The Hall–Kier alpha value is -2.66. The Morgan fingerprint density at radius 2 is 1.96 bits per heavy atom. The van der Waals surface area contributed by atoms with E-state index in [1.54, 1.807) is 54.4 Å². The molecule has 0 saturated carbocycles. The SMILES string of the molecule is CN1C(=O)Cc2cc(C(=O)CCNC(=O)c3ccccc3Cl)ccc21. The highest BCUT2D eigenvalue weighted by Gasteiger charge is 2.24. The van der Waals surface area contributed by atoms with Crippen LogP contribution < -0.4 is 10.2 Å². The Bertz CT molecular complexity index is 863. The number of hydrogen-bond acceptors (Lipinski definition) is 3. The standard InChI is InChI=1S/C19H17ClN2O3/c1-22-16-7-6-12(10-13(16)11-18(22)24)17(23)8-9-21-19(25)14-4-2-3-5-15(14)20/h2-7,10H,8-9,11H2,1H3,(H,21,25). The average Bonchev–Trinajstić information content (AvgIpc) is 2.89. The Morgan fingerprint density at radius 3 is 2.72 bits per heavy atom. The van der Waals surface area contributed by atoms with Gasteiger partial charge in [-0.15, -0.1) is 0 Å². The van der Waals surface area contributed by atoms with Crippen molar-refractivity contribution in [2.24, 2.45) is 0 Å². The zero-order valence-corrected chi connectivity index (χ0v) is 14.5. The Kier molecular flexibility index (Phi) is 4.86. The minimum atomic E-state index is -0.306. The van der Waals surface area contributed by atoms with Crippen molar-refractivity contribution >= 4 is 34.9 Å². The van der Waals surface area contributed by atoms with Crippen molar-refractivity contribution in [1.82, 2.24) is 5.32 Å². The first-order chi connectivity index (χ1) is 12.0. The van der Waals surface area contributed by atoms with Crippen molar-refractivity contribution in [1.29, 1.82) is 0 Å². The van der Waals surface area contributed by atoms with Crippen molar-refractivity contribution in [3.8, 4) is 0 Å². The lowest BCUT2D eigenvalue weighted by atomic mass is 10.0. The predicted molar refractivity (Wildman–Crippen MR) is 96.3 cm³/mol. The molecule has 0 atom stereocenters. The number of anilines is 1. The third kappa shape index (κ3) is 3.56. The molecule has 0 aromatic heterocycles. The van der Waals surface area contributed by atoms with Crippen LogP contribution >= 0.6 is 11.6 Å². The lowest BCUT2D eigenvalue weighted by Gasteiger charge is -2.10. The lowest BCUT2D eigenvalue weighted by Crippen LogP contribution is -2.26. The molecule has 128 valence electrons. The van der Waals surface area contributed by atoms with Crippen LogP contribution in [0.3, 0.4) is 0 Å². The van der Waals surface area contributed by atoms with Gasteiger partial charge in [-0.1, -0.05) is 23.7 Å². The predicted octanol–water partition coefficient (Wildman–Crippen LogP) is 2.86. The van der Waals surface area contributed by atoms with Crippen LogP contribution in [0.25, 0.3) is 0 Å². The molecule has 0 aliphatic carbocycles. The van der Waals surface area contributed by atoms with Crippen molar-refractivity contribution in [2.45, 2.75) is 12.8 Å². The first kappa shape index (κ1) is 17.2. The lowest BCUT2D eigenvalue weighted by molar-refractivity contribution is -0.117. The number of nitrogens with zero attached hydrogens (tertiary/aromatic N) is 1. The normalized spacial score (nSPS) is 12.9. The quantitative estimate of drug-likeness (QED) is 0.838. The van der Waals surface area contributed by atoms with Crippen LogP contribution in [0.5, 0.6) is 0 Å². The second-order valence-corrected chi connectivity index (χ2v) is 6.29. The number of carbonyl (C=O) groups excluding carboxylic acids is 3.